The standard InChI is InChI=1S/C18H24N2O2/c1-14-13-15(9-10-16(14)19)21-11-5-2-6-12-22-18-8-4-3-7-17(18)20/h3-4,7-10,13H,2,5-6,11-12,19-20H2,1H3. The van der Waals surface area contributed by atoms with Crippen molar-refractivity contribution in [1.29, 1.82) is 0 Å². The van der Waals surface area contributed by atoms with E-state index in [0.717, 1.165) is 42.0 Å². The van der Waals surface area contributed by atoms with Gasteiger partial charge in [-0.15, -0.1) is 0 Å². The molecular weight excluding hydrogens is 276 g/mol. The van der Waals surface area contributed by atoms with E-state index in [1.807, 2.05) is 49.4 Å². The van der Waals surface area contributed by atoms with Gasteiger partial charge in [0.05, 0.1) is 18.9 Å². The quantitative estimate of drug-likeness (QED) is 0.575. The molecule has 0 saturated carbocycles. The van der Waals surface area contributed by atoms with E-state index in [2.05, 4.69) is 0 Å². The minimum atomic E-state index is 0.676. The van der Waals surface area contributed by atoms with Gasteiger partial charge in [0.15, 0.2) is 0 Å². The van der Waals surface area contributed by atoms with Crippen molar-refractivity contribution >= 4 is 11.4 Å². The smallest absolute Gasteiger partial charge is 0.142 e. The normalized spacial score (nSPS) is 10.4. The van der Waals surface area contributed by atoms with Crippen LogP contribution in [0.1, 0.15) is 24.8 Å². The molecule has 4 N–H and O–H groups in total. The lowest BCUT2D eigenvalue weighted by molar-refractivity contribution is 0.280. The number of ether oxygens (including phenoxy) is 2. The number of benzene rings is 2. The molecule has 2 aromatic carbocycles. The first-order valence-corrected chi connectivity index (χ1v) is 7.63. The molecule has 0 aliphatic carbocycles. The lowest BCUT2D eigenvalue weighted by atomic mass is 10.2. The molecule has 2 rings (SSSR count). The Balaban J connectivity index is 1.58. The second kappa shape index (κ2) is 8.17. The number of nitrogens with two attached hydrogens (primary N) is 2. The number of unbranched alkanes of at least 4 members (excludes halogenated alkanes) is 2. The Hall–Kier alpha value is -2.36. The number of nitrogen functional groups attached to an aromatic ring is 2. The first-order valence-electron chi connectivity index (χ1n) is 7.63. The molecule has 0 amide bonds. The highest BCUT2D eigenvalue weighted by Gasteiger charge is 1.99. The molecule has 118 valence electrons. The topological polar surface area (TPSA) is 70.5 Å². The number of aryl methyl sites for hydroxylation is 1. The summed E-state index contributed by atoms with van der Waals surface area (Å²) in [6, 6.07) is 13.3. The highest BCUT2D eigenvalue weighted by atomic mass is 16.5. The van der Waals surface area contributed by atoms with Crippen LogP contribution in [-0.2, 0) is 0 Å². The van der Waals surface area contributed by atoms with Gasteiger partial charge in [-0.25, -0.2) is 0 Å². The third-order valence-corrected chi connectivity index (χ3v) is 3.48. The van der Waals surface area contributed by atoms with Crippen molar-refractivity contribution in [2.45, 2.75) is 26.2 Å². The van der Waals surface area contributed by atoms with Gasteiger partial charge in [0.2, 0.25) is 0 Å². The van der Waals surface area contributed by atoms with Gasteiger partial charge < -0.3 is 20.9 Å². The molecule has 0 spiro atoms. The fraction of sp³-hybridized carbons (Fsp3) is 0.333. The molecule has 0 bridgehead atoms. The summed E-state index contributed by atoms with van der Waals surface area (Å²) in [7, 11) is 0. The zero-order chi connectivity index (χ0) is 15.8. The second-order valence-electron chi connectivity index (χ2n) is 5.31. The SMILES string of the molecule is Cc1cc(OCCCCCOc2ccccc2N)ccc1N. The van der Waals surface area contributed by atoms with E-state index in [-0.39, 0.29) is 0 Å². The van der Waals surface area contributed by atoms with Gasteiger partial charge in [-0.3, -0.25) is 0 Å². The summed E-state index contributed by atoms with van der Waals surface area (Å²) >= 11 is 0. The maximum Gasteiger partial charge on any atom is 0.142 e. The van der Waals surface area contributed by atoms with Gasteiger partial charge in [0.25, 0.3) is 0 Å². The van der Waals surface area contributed by atoms with Gasteiger partial charge in [-0.05, 0) is 62.1 Å². The molecule has 0 atom stereocenters. The second-order valence-corrected chi connectivity index (χ2v) is 5.31. The Morgan fingerprint density at radius 3 is 2.27 bits per heavy atom. The van der Waals surface area contributed by atoms with Crippen LogP contribution < -0.4 is 20.9 Å². The summed E-state index contributed by atoms with van der Waals surface area (Å²) in [5.74, 6) is 1.64. The van der Waals surface area contributed by atoms with Crippen LogP contribution in [0, 0.1) is 6.92 Å². The summed E-state index contributed by atoms with van der Waals surface area (Å²) < 4.78 is 11.4. The molecule has 0 radical (unpaired) electrons. The largest absolute Gasteiger partial charge is 0.494 e. The van der Waals surface area contributed by atoms with Gasteiger partial charge in [0.1, 0.15) is 11.5 Å². The van der Waals surface area contributed by atoms with Gasteiger partial charge in [-0.2, -0.15) is 0 Å². The number of rotatable bonds is 8. The van der Waals surface area contributed by atoms with Crippen LogP contribution in [0.2, 0.25) is 0 Å². The summed E-state index contributed by atoms with van der Waals surface area (Å²) in [6.45, 7) is 3.36. The van der Waals surface area contributed by atoms with E-state index >= 15 is 0 Å². The molecule has 4 nitrogen and oxygen atoms in total. The Labute approximate surface area is 132 Å². The third-order valence-electron chi connectivity index (χ3n) is 3.48. The highest BCUT2D eigenvalue weighted by Crippen LogP contribution is 2.20. The van der Waals surface area contributed by atoms with Crippen molar-refractivity contribution in [3.8, 4) is 11.5 Å². The molecule has 22 heavy (non-hydrogen) atoms. The zero-order valence-electron chi connectivity index (χ0n) is 13.0. The van der Waals surface area contributed by atoms with Crippen LogP contribution in [0.3, 0.4) is 0 Å². The van der Waals surface area contributed by atoms with E-state index in [1.165, 1.54) is 0 Å². The number of hydrogen-bond donors (Lipinski definition) is 2. The predicted molar refractivity (Wildman–Crippen MR) is 91.3 cm³/mol. The van der Waals surface area contributed by atoms with E-state index in [0.29, 0.717) is 18.9 Å². The van der Waals surface area contributed by atoms with Crippen LogP contribution in [0.25, 0.3) is 0 Å². The van der Waals surface area contributed by atoms with Crippen molar-refractivity contribution in [2.75, 3.05) is 24.7 Å². The van der Waals surface area contributed by atoms with Crippen molar-refractivity contribution in [1.82, 2.24) is 0 Å². The third kappa shape index (κ3) is 4.88. The Kier molecular flexibility index (Phi) is 5.95. The van der Waals surface area contributed by atoms with E-state index in [9.17, 15) is 0 Å². The maximum absolute atomic E-state index is 5.82. The van der Waals surface area contributed by atoms with Crippen LogP contribution in [0.15, 0.2) is 42.5 Å². The minimum absolute atomic E-state index is 0.676. The lowest BCUT2D eigenvalue weighted by Crippen LogP contribution is -2.02. The highest BCUT2D eigenvalue weighted by molar-refractivity contribution is 5.51. The van der Waals surface area contributed by atoms with Crippen molar-refractivity contribution in [2.24, 2.45) is 0 Å². The number of hydrogen-bond acceptors (Lipinski definition) is 4. The van der Waals surface area contributed by atoms with E-state index in [4.69, 9.17) is 20.9 Å². The van der Waals surface area contributed by atoms with Crippen molar-refractivity contribution < 1.29 is 9.47 Å². The molecule has 0 heterocycles. The molecule has 0 aromatic heterocycles. The predicted octanol–water partition coefficient (Wildman–Crippen LogP) is 3.79. The fourth-order valence-electron chi connectivity index (χ4n) is 2.10. The van der Waals surface area contributed by atoms with Crippen molar-refractivity contribution in [3.05, 3.63) is 48.0 Å². The van der Waals surface area contributed by atoms with Gasteiger partial charge in [0, 0.05) is 5.69 Å². The maximum atomic E-state index is 5.82. The summed E-state index contributed by atoms with van der Waals surface area (Å²) in [5.41, 5.74) is 14.1. The molecule has 2 aromatic rings. The summed E-state index contributed by atoms with van der Waals surface area (Å²) in [5, 5.41) is 0. The Morgan fingerprint density at radius 1 is 0.818 bits per heavy atom. The monoisotopic (exact) mass is 300 g/mol. The van der Waals surface area contributed by atoms with Crippen molar-refractivity contribution in [3.63, 3.8) is 0 Å². The summed E-state index contributed by atoms with van der Waals surface area (Å²) in [4.78, 5) is 0. The van der Waals surface area contributed by atoms with E-state index in [1.54, 1.807) is 0 Å². The fourth-order valence-corrected chi connectivity index (χ4v) is 2.10. The Morgan fingerprint density at radius 2 is 1.55 bits per heavy atom. The average molecular weight is 300 g/mol. The molecule has 0 aliphatic rings. The molecular formula is C18H24N2O2. The molecule has 0 unspecified atom stereocenters. The number of anilines is 2. The minimum Gasteiger partial charge on any atom is -0.494 e. The van der Waals surface area contributed by atoms with Gasteiger partial charge >= 0.3 is 0 Å². The van der Waals surface area contributed by atoms with Crippen LogP contribution >= 0.6 is 0 Å². The summed E-state index contributed by atoms with van der Waals surface area (Å²) in [6.07, 6.45) is 3.04. The molecule has 0 saturated heterocycles. The lowest BCUT2D eigenvalue weighted by Gasteiger charge is -2.09. The molecule has 0 aliphatic heterocycles. The van der Waals surface area contributed by atoms with E-state index < -0.39 is 0 Å². The van der Waals surface area contributed by atoms with Crippen LogP contribution in [0.4, 0.5) is 11.4 Å². The molecule has 4 heteroatoms. The zero-order valence-corrected chi connectivity index (χ0v) is 13.0. The molecule has 0 fully saturated rings. The van der Waals surface area contributed by atoms with Crippen LogP contribution in [0.5, 0.6) is 11.5 Å². The first kappa shape index (κ1) is 16.0. The first-order chi connectivity index (χ1) is 10.7. The number of para-hydroxylation sites is 2. The Bertz CT molecular complexity index is 599. The average Bonchev–Trinajstić information content (AvgIpc) is 2.51. The van der Waals surface area contributed by atoms with Gasteiger partial charge in [-0.1, -0.05) is 12.1 Å². The van der Waals surface area contributed by atoms with Crippen LogP contribution in [-0.4, -0.2) is 13.2 Å².